The Balaban J connectivity index is 0. The third kappa shape index (κ3) is 30.0. The van der Waals surface area contributed by atoms with Crippen molar-refractivity contribution in [3.8, 4) is 0 Å². The molecule has 0 spiro atoms. The second-order valence-corrected chi connectivity index (χ2v) is 2.61. The smallest absolute Gasteiger partial charge is 0.0737 e. The van der Waals surface area contributed by atoms with Crippen molar-refractivity contribution in [1.29, 1.82) is 0 Å². The quantitative estimate of drug-likeness (QED) is 0.424. The van der Waals surface area contributed by atoms with Crippen molar-refractivity contribution < 1.29 is 15.6 Å². The molecule has 3 nitrogen and oxygen atoms in total. The van der Waals surface area contributed by atoms with Gasteiger partial charge >= 0.3 is 46.7 Å². The Morgan fingerprint density at radius 2 is 1.88 bits per heavy atom. The summed E-state index contributed by atoms with van der Waals surface area (Å²) >= 11 is 1.68. The van der Waals surface area contributed by atoms with Crippen molar-refractivity contribution in [3.05, 3.63) is 0 Å². The second-order valence-electron chi connectivity index (χ2n) is 1.19. The average Bonchev–Trinajstić information content (AvgIpc) is 1.71. The molecule has 0 rings (SSSR count). The van der Waals surface area contributed by atoms with E-state index in [0.29, 0.717) is 0 Å². The Bertz CT molecular complexity index is 25.2. The van der Waals surface area contributed by atoms with Crippen LogP contribution in [0, 0.1) is 0 Å². The van der Waals surface area contributed by atoms with Gasteiger partial charge in [0, 0.05) is 0 Å². The molecule has 0 bridgehead atoms. The minimum absolute atomic E-state index is 1.37. The Hall–Kier alpha value is 0.679. The summed E-state index contributed by atoms with van der Waals surface area (Å²) in [6, 6.07) is 0. The molecule has 0 aromatic heterocycles. The normalized spacial score (nSPS) is 7.50. The topological polar surface area (TPSA) is 49.7 Å². The van der Waals surface area contributed by atoms with Gasteiger partial charge in [-0.1, -0.05) is 5.04 Å². The van der Waals surface area contributed by atoms with Gasteiger partial charge in [-0.3, -0.25) is 0 Å². The molecule has 0 saturated heterocycles. The van der Waals surface area contributed by atoms with Crippen LogP contribution in [-0.2, 0) is 5.04 Å². The monoisotopic (exact) mass is 227 g/mol. The third-order valence-corrected chi connectivity index (χ3v) is 1.54. The van der Waals surface area contributed by atoms with Gasteiger partial charge in [0.2, 0.25) is 0 Å². The van der Waals surface area contributed by atoms with E-state index in [9.17, 15) is 0 Å². The Kier molecular flexibility index (Phi) is 22.4. The summed E-state index contributed by atoms with van der Waals surface area (Å²) < 4.78 is 1.43. The maximum absolute atomic E-state index is 6.62. The summed E-state index contributed by atoms with van der Waals surface area (Å²) in [6.07, 6.45) is 2.80. The van der Waals surface area contributed by atoms with Crippen LogP contribution in [0.4, 0.5) is 0 Å². The largest absolute Gasteiger partial charge is 0.221 e. The molecule has 0 aliphatic carbocycles. The minimum Gasteiger partial charge on any atom is -0.221 e. The van der Waals surface area contributed by atoms with Crippen molar-refractivity contribution in [2.24, 2.45) is 0 Å². The molecule has 0 atom stereocenters. The molecule has 8 heavy (non-hydrogen) atoms. The van der Waals surface area contributed by atoms with Gasteiger partial charge in [-0.25, -0.2) is 10.5 Å². The maximum atomic E-state index is 6.62. The molecule has 4 heteroatoms. The van der Waals surface area contributed by atoms with Gasteiger partial charge in [-0.2, -0.15) is 0 Å². The van der Waals surface area contributed by atoms with Gasteiger partial charge in [0.25, 0.3) is 0 Å². The van der Waals surface area contributed by atoms with Crippen LogP contribution in [0.3, 0.4) is 0 Å². The first-order valence-electron chi connectivity index (χ1n) is 2.43. The third-order valence-electron chi connectivity index (χ3n) is 0.530. The number of unbranched alkanes of at least 4 members (excludes halogenated alkanes) is 1. The second kappa shape index (κ2) is 15.6. The molecular formula is C4H11O3Sn. The van der Waals surface area contributed by atoms with E-state index in [4.69, 9.17) is 10.5 Å². The molecule has 2 N–H and O–H groups in total. The van der Waals surface area contributed by atoms with Crippen LogP contribution in [0.2, 0.25) is 4.44 Å². The summed E-state index contributed by atoms with van der Waals surface area (Å²) in [5.41, 5.74) is 0. The number of hydrogen-bond acceptors (Lipinski definition) is 3. The molecular weight excluding hydrogens is 215 g/mol. The predicted molar refractivity (Wildman–Crippen MR) is 31.8 cm³/mol. The Morgan fingerprint density at radius 3 is 1.88 bits per heavy atom. The van der Waals surface area contributed by atoms with Crippen LogP contribution in [0.5, 0.6) is 0 Å². The van der Waals surface area contributed by atoms with Gasteiger partial charge in [0.05, 0.1) is 0 Å². The standard InChI is InChI=1S/C4H9.H2O3.Sn/c1-3-4-2;1-3-2;/h1,3-4H2,2H3;1-2H;. The van der Waals surface area contributed by atoms with E-state index >= 15 is 0 Å². The van der Waals surface area contributed by atoms with Crippen molar-refractivity contribution in [2.75, 3.05) is 0 Å². The molecule has 0 heterocycles. The summed E-state index contributed by atoms with van der Waals surface area (Å²) in [7, 11) is 0. The summed E-state index contributed by atoms with van der Waals surface area (Å²) in [5, 5.41) is 15.5. The van der Waals surface area contributed by atoms with Crippen LogP contribution >= 0.6 is 0 Å². The molecule has 49 valence electrons. The Labute approximate surface area is 62.6 Å². The molecule has 0 aliphatic rings. The van der Waals surface area contributed by atoms with Crippen molar-refractivity contribution in [3.63, 3.8) is 0 Å². The fraction of sp³-hybridized carbons (Fsp3) is 1.00. The van der Waals surface area contributed by atoms with E-state index in [0.717, 1.165) is 0 Å². The van der Waals surface area contributed by atoms with E-state index in [1.54, 1.807) is 22.5 Å². The molecule has 0 fully saturated rings. The molecule has 0 amide bonds. The molecule has 3 radical (unpaired) electrons. The van der Waals surface area contributed by atoms with Crippen molar-refractivity contribution in [2.45, 2.75) is 24.2 Å². The van der Waals surface area contributed by atoms with Gasteiger partial charge in [0.1, 0.15) is 0 Å². The van der Waals surface area contributed by atoms with E-state index in [1.807, 2.05) is 0 Å². The fourth-order valence-electron chi connectivity index (χ4n) is 0.177. The first-order valence-corrected chi connectivity index (χ1v) is 4.44. The van der Waals surface area contributed by atoms with Crippen LogP contribution in [0.1, 0.15) is 19.8 Å². The van der Waals surface area contributed by atoms with Crippen molar-refractivity contribution in [1.82, 2.24) is 0 Å². The molecule has 0 aliphatic heterocycles. The first kappa shape index (κ1) is 11.5. The zero-order valence-electron chi connectivity index (χ0n) is 4.92. The van der Waals surface area contributed by atoms with Gasteiger partial charge in [-0.15, -0.1) is 0 Å². The SMILES string of the molecule is CCC[CH2][Sn].OOO. The van der Waals surface area contributed by atoms with E-state index in [2.05, 4.69) is 12.0 Å². The first-order chi connectivity index (χ1) is 3.83. The number of hydrogen-bond donors (Lipinski definition) is 2. The molecule has 0 unspecified atom stereocenters. The predicted octanol–water partition coefficient (Wildman–Crippen LogP) is 1.32. The average molecular weight is 226 g/mol. The Morgan fingerprint density at radius 1 is 1.50 bits per heavy atom. The van der Waals surface area contributed by atoms with Gasteiger partial charge < -0.3 is 0 Å². The zero-order valence-corrected chi connectivity index (χ0v) is 7.78. The van der Waals surface area contributed by atoms with Crippen LogP contribution < -0.4 is 0 Å². The zero-order chi connectivity index (χ0) is 6.83. The van der Waals surface area contributed by atoms with Gasteiger partial charge in [0.15, 0.2) is 0 Å². The fourth-order valence-corrected chi connectivity index (χ4v) is 1.19. The van der Waals surface area contributed by atoms with E-state index in [1.165, 1.54) is 17.3 Å². The van der Waals surface area contributed by atoms with Gasteiger partial charge in [-0.05, 0) is 0 Å². The van der Waals surface area contributed by atoms with Crippen LogP contribution in [-0.4, -0.2) is 33.0 Å². The summed E-state index contributed by atoms with van der Waals surface area (Å²) in [5.74, 6) is 0. The molecule has 0 aromatic carbocycles. The van der Waals surface area contributed by atoms with E-state index in [-0.39, 0.29) is 0 Å². The van der Waals surface area contributed by atoms with Crippen LogP contribution in [0.15, 0.2) is 0 Å². The minimum atomic E-state index is 1.37. The number of rotatable bonds is 2. The summed E-state index contributed by atoms with van der Waals surface area (Å²) in [6.45, 7) is 2.23. The maximum Gasteiger partial charge on any atom is -0.0737 e. The molecule has 0 saturated carbocycles. The van der Waals surface area contributed by atoms with Crippen LogP contribution in [0.25, 0.3) is 0 Å². The van der Waals surface area contributed by atoms with E-state index < -0.39 is 0 Å². The van der Waals surface area contributed by atoms with Crippen molar-refractivity contribution >= 4 is 22.5 Å². The summed E-state index contributed by atoms with van der Waals surface area (Å²) in [4.78, 5) is 0. The molecule has 0 aromatic rings.